The third-order valence-corrected chi connectivity index (χ3v) is 4.46. The first-order chi connectivity index (χ1) is 14.3. The number of ether oxygens (including phenoxy) is 1. The smallest absolute Gasteiger partial charge is 0.340 e. The Morgan fingerprint density at radius 1 is 0.967 bits per heavy atom. The molecule has 1 heterocycles. The Hall–Kier alpha value is -4.01. The third kappa shape index (κ3) is 3.90. The molecular formula is C21H18N2O7. The summed E-state index contributed by atoms with van der Waals surface area (Å²) in [6, 6.07) is 12.0. The average molecular weight is 410 g/mol. The van der Waals surface area contributed by atoms with E-state index in [1.807, 2.05) is 0 Å². The average Bonchev–Trinajstić information content (AvgIpc) is 2.97. The molecule has 2 aromatic carbocycles. The minimum absolute atomic E-state index is 0.00342. The normalized spacial score (nSPS) is 12.5. The number of hydrogen-bond donors (Lipinski definition) is 1. The van der Waals surface area contributed by atoms with E-state index in [9.17, 15) is 29.1 Å². The first-order valence-corrected chi connectivity index (χ1v) is 9.08. The summed E-state index contributed by atoms with van der Waals surface area (Å²) in [5.41, 5.74) is 0.357. The van der Waals surface area contributed by atoms with Gasteiger partial charge >= 0.3 is 11.9 Å². The molecule has 1 aliphatic heterocycles. The van der Waals surface area contributed by atoms with E-state index in [4.69, 9.17) is 4.74 Å². The van der Waals surface area contributed by atoms with Gasteiger partial charge in [0, 0.05) is 0 Å². The highest BCUT2D eigenvalue weighted by Crippen LogP contribution is 2.25. The molecule has 9 heteroatoms. The van der Waals surface area contributed by atoms with Gasteiger partial charge in [0.2, 0.25) is 5.91 Å². The molecule has 0 bridgehead atoms. The van der Waals surface area contributed by atoms with Crippen molar-refractivity contribution in [3.63, 3.8) is 0 Å². The Bertz CT molecular complexity index is 1010. The number of nitrogens with zero attached hydrogens (tertiary/aromatic N) is 2. The second-order valence-electron chi connectivity index (χ2n) is 6.35. The monoisotopic (exact) mass is 410 g/mol. The fraction of sp³-hybridized carbons (Fsp3) is 0.190. The van der Waals surface area contributed by atoms with Gasteiger partial charge in [0.05, 0.1) is 29.0 Å². The van der Waals surface area contributed by atoms with Crippen LogP contribution in [0.4, 0.5) is 5.69 Å². The zero-order valence-corrected chi connectivity index (χ0v) is 16.0. The van der Waals surface area contributed by atoms with Gasteiger partial charge in [-0.2, -0.15) is 0 Å². The lowest BCUT2D eigenvalue weighted by atomic mass is 10.1. The lowest BCUT2D eigenvalue weighted by Gasteiger charge is -2.25. The summed E-state index contributed by atoms with van der Waals surface area (Å²) in [4.78, 5) is 63.3. The highest BCUT2D eigenvalue weighted by Gasteiger charge is 2.37. The van der Waals surface area contributed by atoms with Gasteiger partial charge in [0.25, 0.3) is 11.8 Å². The molecule has 0 spiro atoms. The van der Waals surface area contributed by atoms with Gasteiger partial charge in [-0.3, -0.25) is 29.0 Å². The van der Waals surface area contributed by atoms with Gasteiger partial charge in [0.15, 0.2) is 0 Å². The van der Waals surface area contributed by atoms with Crippen molar-refractivity contribution in [2.45, 2.75) is 6.92 Å². The van der Waals surface area contributed by atoms with Crippen LogP contribution in [0, 0.1) is 0 Å². The van der Waals surface area contributed by atoms with Crippen molar-refractivity contribution in [3.05, 3.63) is 65.2 Å². The van der Waals surface area contributed by atoms with Gasteiger partial charge in [0.1, 0.15) is 13.1 Å². The number of hydrogen-bond acceptors (Lipinski definition) is 6. The van der Waals surface area contributed by atoms with Crippen LogP contribution in [0.3, 0.4) is 0 Å². The number of carbonyl (C=O) groups excluding carboxylic acids is 4. The Labute approximate surface area is 171 Å². The number of rotatable bonds is 7. The molecule has 0 fully saturated rings. The number of anilines is 1. The number of amides is 3. The molecule has 0 radical (unpaired) electrons. The second-order valence-corrected chi connectivity index (χ2v) is 6.35. The highest BCUT2D eigenvalue weighted by molar-refractivity contribution is 6.23. The Morgan fingerprint density at radius 3 is 2.10 bits per heavy atom. The zero-order chi connectivity index (χ0) is 21.8. The van der Waals surface area contributed by atoms with Crippen molar-refractivity contribution in [2.24, 2.45) is 0 Å². The molecule has 154 valence electrons. The van der Waals surface area contributed by atoms with Crippen molar-refractivity contribution in [1.82, 2.24) is 4.90 Å². The number of benzene rings is 2. The molecule has 0 unspecified atom stereocenters. The number of aliphatic carboxylic acids is 1. The Morgan fingerprint density at radius 2 is 1.53 bits per heavy atom. The van der Waals surface area contributed by atoms with Gasteiger partial charge < -0.3 is 9.84 Å². The minimum atomic E-state index is -1.33. The summed E-state index contributed by atoms with van der Waals surface area (Å²) in [6.45, 7) is 0.271. The quantitative estimate of drug-likeness (QED) is 0.543. The van der Waals surface area contributed by atoms with Gasteiger partial charge in [-0.1, -0.05) is 24.3 Å². The Kier molecular flexibility index (Phi) is 5.91. The lowest BCUT2D eigenvalue weighted by Crippen LogP contribution is -2.45. The van der Waals surface area contributed by atoms with Crippen molar-refractivity contribution in [2.75, 3.05) is 24.6 Å². The van der Waals surface area contributed by atoms with Crippen LogP contribution >= 0.6 is 0 Å². The topological polar surface area (TPSA) is 121 Å². The van der Waals surface area contributed by atoms with Gasteiger partial charge in [-0.15, -0.1) is 0 Å². The first kappa shape index (κ1) is 20.7. The molecule has 2 aromatic rings. The zero-order valence-electron chi connectivity index (χ0n) is 16.0. The molecule has 30 heavy (non-hydrogen) atoms. The van der Waals surface area contributed by atoms with Crippen LogP contribution < -0.4 is 4.90 Å². The fourth-order valence-corrected chi connectivity index (χ4v) is 3.14. The fourth-order valence-electron chi connectivity index (χ4n) is 3.14. The summed E-state index contributed by atoms with van der Waals surface area (Å²) in [5.74, 6) is -4.17. The summed E-state index contributed by atoms with van der Waals surface area (Å²) >= 11 is 0. The molecule has 3 amide bonds. The number of fused-ring (bicyclic) bond motifs is 1. The van der Waals surface area contributed by atoms with E-state index >= 15 is 0 Å². The van der Waals surface area contributed by atoms with Gasteiger partial charge in [-0.05, 0) is 31.2 Å². The largest absolute Gasteiger partial charge is 0.480 e. The van der Waals surface area contributed by atoms with Gasteiger partial charge in [-0.25, -0.2) is 4.79 Å². The molecule has 0 saturated carbocycles. The van der Waals surface area contributed by atoms with Crippen LogP contribution in [0.2, 0.25) is 0 Å². The van der Waals surface area contributed by atoms with E-state index in [0.717, 1.165) is 9.80 Å². The van der Waals surface area contributed by atoms with Crippen LogP contribution in [0.25, 0.3) is 0 Å². The second kappa shape index (κ2) is 8.56. The summed E-state index contributed by atoms with van der Waals surface area (Å²) in [5, 5.41) is 9.28. The molecule has 0 atom stereocenters. The number of imide groups is 1. The number of esters is 1. The molecule has 1 N–H and O–H groups in total. The summed E-state index contributed by atoms with van der Waals surface area (Å²) in [6.07, 6.45) is 0. The predicted octanol–water partition coefficient (Wildman–Crippen LogP) is 1.58. The molecule has 0 aromatic heterocycles. The van der Waals surface area contributed by atoms with Crippen molar-refractivity contribution in [1.29, 1.82) is 0 Å². The summed E-state index contributed by atoms with van der Waals surface area (Å²) in [7, 11) is 0. The van der Waals surface area contributed by atoms with Crippen LogP contribution in [-0.2, 0) is 14.3 Å². The van der Waals surface area contributed by atoms with Crippen LogP contribution in [0.15, 0.2) is 48.5 Å². The lowest BCUT2D eigenvalue weighted by molar-refractivity contribution is -0.136. The number of para-hydroxylation sites is 1. The third-order valence-electron chi connectivity index (χ3n) is 4.46. The van der Waals surface area contributed by atoms with E-state index in [-0.39, 0.29) is 29.0 Å². The standard InChI is InChI=1S/C21H18N2O7/c1-2-30-21(29)15-9-5-6-10-16(15)22(12-18(25)26)17(24)11-23-19(27)13-7-3-4-8-14(13)20(23)28/h3-10H,2,11-12H2,1H3,(H,25,26). The van der Waals surface area contributed by atoms with E-state index in [2.05, 4.69) is 0 Å². The molecular weight excluding hydrogens is 392 g/mol. The maximum atomic E-state index is 13.0. The van der Waals surface area contributed by atoms with E-state index in [1.165, 1.54) is 30.3 Å². The van der Waals surface area contributed by atoms with Crippen molar-refractivity contribution >= 4 is 35.3 Å². The van der Waals surface area contributed by atoms with Crippen molar-refractivity contribution in [3.8, 4) is 0 Å². The van der Waals surface area contributed by atoms with Crippen LogP contribution in [0.1, 0.15) is 38.0 Å². The van der Waals surface area contributed by atoms with E-state index in [0.29, 0.717) is 0 Å². The Balaban J connectivity index is 1.92. The summed E-state index contributed by atoms with van der Waals surface area (Å²) < 4.78 is 4.97. The number of carbonyl (C=O) groups is 5. The molecule has 1 aliphatic rings. The minimum Gasteiger partial charge on any atom is -0.480 e. The van der Waals surface area contributed by atoms with Crippen LogP contribution in [0.5, 0.6) is 0 Å². The maximum absolute atomic E-state index is 13.0. The number of carboxylic acids is 1. The van der Waals surface area contributed by atoms with Crippen molar-refractivity contribution < 1.29 is 33.8 Å². The van der Waals surface area contributed by atoms with Crippen LogP contribution in [-0.4, -0.2) is 59.4 Å². The molecule has 3 rings (SSSR count). The molecule has 0 aliphatic carbocycles. The highest BCUT2D eigenvalue weighted by atomic mass is 16.5. The predicted molar refractivity (Wildman–Crippen MR) is 104 cm³/mol. The maximum Gasteiger partial charge on any atom is 0.340 e. The first-order valence-electron chi connectivity index (χ1n) is 9.08. The molecule has 0 saturated heterocycles. The molecule has 9 nitrogen and oxygen atoms in total. The SMILES string of the molecule is CCOC(=O)c1ccccc1N(CC(=O)O)C(=O)CN1C(=O)c2ccccc2C1=O. The van der Waals surface area contributed by atoms with E-state index in [1.54, 1.807) is 25.1 Å². The number of carboxylic acid groups (broad SMARTS) is 1. The van der Waals surface area contributed by atoms with E-state index < -0.39 is 42.7 Å².